The maximum absolute atomic E-state index is 12.5. The van der Waals surface area contributed by atoms with Gasteiger partial charge in [0.25, 0.3) is 11.5 Å². The lowest BCUT2D eigenvalue weighted by Crippen LogP contribution is -2.21. The number of nitrogen functional groups attached to an aromatic ring is 1. The Balaban J connectivity index is 2.18. The van der Waals surface area contributed by atoms with E-state index in [1.54, 1.807) is 6.07 Å². The summed E-state index contributed by atoms with van der Waals surface area (Å²) in [5.74, 6) is 3.99. The van der Waals surface area contributed by atoms with Crippen molar-refractivity contribution in [2.75, 3.05) is 5.84 Å². The molecular weight excluding hydrogens is 311 g/mol. The number of halogens is 3. The van der Waals surface area contributed by atoms with Crippen LogP contribution >= 0.6 is 11.8 Å². The highest BCUT2D eigenvalue weighted by Gasteiger charge is 2.38. The number of para-hydroxylation sites is 1. The van der Waals surface area contributed by atoms with Crippen LogP contribution in [0.4, 0.5) is 18.9 Å². The standard InChI is InChI=1S/C10H8F3N5O2S/c11-10(12,13)8-15-16-9(17(8)14)21-5-6-3-1-2-4-7(6)18(19)20/h1-4H,5,14H2. The van der Waals surface area contributed by atoms with Gasteiger partial charge in [0.1, 0.15) is 0 Å². The monoisotopic (exact) mass is 319 g/mol. The summed E-state index contributed by atoms with van der Waals surface area (Å²) in [7, 11) is 0. The first-order valence-corrected chi connectivity index (χ1v) is 6.42. The second-order valence-electron chi connectivity index (χ2n) is 3.85. The number of thioether (sulfide) groups is 1. The van der Waals surface area contributed by atoms with Crippen molar-refractivity contribution >= 4 is 17.4 Å². The van der Waals surface area contributed by atoms with Gasteiger partial charge in [-0.1, -0.05) is 30.0 Å². The minimum Gasteiger partial charge on any atom is -0.335 e. The van der Waals surface area contributed by atoms with E-state index < -0.39 is 16.9 Å². The summed E-state index contributed by atoms with van der Waals surface area (Å²) in [4.78, 5) is 10.3. The fourth-order valence-electron chi connectivity index (χ4n) is 1.52. The molecule has 0 spiro atoms. The molecule has 21 heavy (non-hydrogen) atoms. The molecule has 0 aliphatic carbocycles. The quantitative estimate of drug-likeness (QED) is 0.401. The number of hydrogen-bond acceptors (Lipinski definition) is 6. The van der Waals surface area contributed by atoms with Gasteiger partial charge >= 0.3 is 6.18 Å². The Morgan fingerprint density at radius 2 is 2.00 bits per heavy atom. The van der Waals surface area contributed by atoms with Crippen molar-refractivity contribution in [3.63, 3.8) is 0 Å². The number of hydrogen-bond donors (Lipinski definition) is 1. The molecule has 2 aromatic rings. The van der Waals surface area contributed by atoms with Gasteiger partial charge in [0.05, 0.1) is 4.92 Å². The third-order valence-electron chi connectivity index (χ3n) is 2.46. The molecule has 1 aromatic heterocycles. The number of alkyl halides is 3. The minimum absolute atomic E-state index is 0.0460. The Bertz CT molecular complexity index is 673. The zero-order chi connectivity index (χ0) is 15.6. The Kier molecular flexibility index (Phi) is 4.02. The van der Waals surface area contributed by atoms with E-state index in [1.165, 1.54) is 18.2 Å². The van der Waals surface area contributed by atoms with Gasteiger partial charge in [-0.2, -0.15) is 13.2 Å². The second-order valence-corrected chi connectivity index (χ2v) is 4.79. The summed E-state index contributed by atoms with van der Waals surface area (Å²) < 4.78 is 37.8. The van der Waals surface area contributed by atoms with E-state index >= 15 is 0 Å². The van der Waals surface area contributed by atoms with Crippen molar-refractivity contribution in [1.82, 2.24) is 14.9 Å². The molecule has 0 radical (unpaired) electrons. The van der Waals surface area contributed by atoms with Gasteiger partial charge < -0.3 is 5.84 Å². The maximum atomic E-state index is 12.5. The average Bonchev–Trinajstić information content (AvgIpc) is 2.77. The number of nitro benzene ring substituents is 1. The number of nitrogens with two attached hydrogens (primary N) is 1. The molecular formula is C10H8F3N5O2S. The zero-order valence-corrected chi connectivity index (χ0v) is 11.1. The number of aromatic nitrogens is 3. The summed E-state index contributed by atoms with van der Waals surface area (Å²) in [6.45, 7) is 0. The van der Waals surface area contributed by atoms with E-state index in [1.807, 2.05) is 0 Å². The molecule has 112 valence electrons. The van der Waals surface area contributed by atoms with E-state index in [0.29, 0.717) is 10.2 Å². The van der Waals surface area contributed by atoms with Gasteiger partial charge in [-0.15, -0.1) is 10.2 Å². The molecule has 0 saturated carbocycles. The summed E-state index contributed by atoms with van der Waals surface area (Å²) in [6, 6.07) is 5.91. The van der Waals surface area contributed by atoms with Gasteiger partial charge in [-0.25, -0.2) is 4.68 Å². The summed E-state index contributed by atoms with van der Waals surface area (Å²) in [6.07, 6.45) is -4.71. The highest BCUT2D eigenvalue weighted by Crippen LogP contribution is 2.31. The Morgan fingerprint density at radius 3 is 2.57 bits per heavy atom. The van der Waals surface area contributed by atoms with Crippen LogP contribution in [0.15, 0.2) is 29.4 Å². The molecule has 7 nitrogen and oxygen atoms in total. The number of rotatable bonds is 4. The second kappa shape index (κ2) is 5.60. The molecule has 2 N–H and O–H groups in total. The fourth-order valence-corrected chi connectivity index (χ4v) is 2.37. The number of nitro groups is 1. The van der Waals surface area contributed by atoms with E-state index in [-0.39, 0.29) is 16.6 Å². The molecule has 0 fully saturated rings. The highest BCUT2D eigenvalue weighted by molar-refractivity contribution is 7.98. The SMILES string of the molecule is Nn1c(SCc2ccccc2[N+](=O)[O-])nnc1C(F)(F)F. The minimum atomic E-state index is -4.71. The van der Waals surface area contributed by atoms with Crippen molar-refractivity contribution in [2.45, 2.75) is 17.1 Å². The molecule has 1 heterocycles. The van der Waals surface area contributed by atoms with E-state index in [4.69, 9.17) is 5.84 Å². The third kappa shape index (κ3) is 3.24. The highest BCUT2D eigenvalue weighted by atomic mass is 32.2. The fraction of sp³-hybridized carbons (Fsp3) is 0.200. The zero-order valence-electron chi connectivity index (χ0n) is 10.2. The van der Waals surface area contributed by atoms with E-state index in [9.17, 15) is 23.3 Å². The van der Waals surface area contributed by atoms with Crippen LogP contribution in [0.1, 0.15) is 11.4 Å². The van der Waals surface area contributed by atoms with Crippen molar-refractivity contribution in [1.29, 1.82) is 0 Å². The van der Waals surface area contributed by atoms with Crippen molar-refractivity contribution in [3.8, 4) is 0 Å². The third-order valence-corrected chi connectivity index (χ3v) is 3.46. The molecule has 0 amide bonds. The normalized spacial score (nSPS) is 11.6. The predicted molar refractivity (Wildman–Crippen MR) is 67.8 cm³/mol. The molecule has 0 aliphatic heterocycles. The first-order chi connectivity index (χ1) is 9.80. The van der Waals surface area contributed by atoms with Crippen LogP contribution in [0.25, 0.3) is 0 Å². The molecule has 11 heteroatoms. The van der Waals surface area contributed by atoms with Gasteiger partial charge in [-0.05, 0) is 0 Å². The summed E-state index contributed by atoms with van der Waals surface area (Å²) in [5.41, 5.74) is 0.230. The van der Waals surface area contributed by atoms with Crippen molar-refractivity contribution < 1.29 is 18.1 Å². The first-order valence-electron chi connectivity index (χ1n) is 5.43. The first kappa shape index (κ1) is 15.1. The van der Waals surface area contributed by atoms with Crippen molar-refractivity contribution in [2.24, 2.45) is 0 Å². The van der Waals surface area contributed by atoms with Crippen molar-refractivity contribution in [3.05, 3.63) is 45.8 Å². The molecule has 0 aliphatic rings. The lowest BCUT2D eigenvalue weighted by Gasteiger charge is -2.06. The lowest BCUT2D eigenvalue weighted by atomic mass is 10.2. The van der Waals surface area contributed by atoms with Crippen LogP contribution in [0.5, 0.6) is 0 Å². The number of nitrogens with zero attached hydrogens (tertiary/aromatic N) is 4. The molecule has 0 unspecified atom stereocenters. The van der Waals surface area contributed by atoms with Crippen LogP contribution < -0.4 is 5.84 Å². The summed E-state index contributed by atoms with van der Waals surface area (Å²) in [5, 5.41) is 16.9. The summed E-state index contributed by atoms with van der Waals surface area (Å²) >= 11 is 0.829. The number of benzene rings is 1. The predicted octanol–water partition coefficient (Wildman–Crippen LogP) is 2.21. The van der Waals surface area contributed by atoms with Gasteiger partial charge in [0.2, 0.25) is 5.16 Å². The van der Waals surface area contributed by atoms with Gasteiger partial charge in [0, 0.05) is 17.4 Å². The smallest absolute Gasteiger partial charge is 0.335 e. The molecule has 0 saturated heterocycles. The Morgan fingerprint density at radius 1 is 1.33 bits per heavy atom. The lowest BCUT2D eigenvalue weighted by molar-refractivity contribution is -0.385. The maximum Gasteiger partial charge on any atom is 0.453 e. The van der Waals surface area contributed by atoms with Crippen LogP contribution in [0.3, 0.4) is 0 Å². The Labute approximate surface area is 120 Å². The molecule has 0 atom stereocenters. The Hall–Kier alpha value is -2.30. The van der Waals surface area contributed by atoms with E-state index in [2.05, 4.69) is 10.2 Å². The molecule has 2 rings (SSSR count). The van der Waals surface area contributed by atoms with Gasteiger partial charge in [0.15, 0.2) is 0 Å². The van der Waals surface area contributed by atoms with Crippen LogP contribution in [-0.4, -0.2) is 19.8 Å². The molecule has 1 aromatic carbocycles. The van der Waals surface area contributed by atoms with Crippen LogP contribution in [-0.2, 0) is 11.9 Å². The van der Waals surface area contributed by atoms with Gasteiger partial charge in [-0.3, -0.25) is 10.1 Å². The topological polar surface area (TPSA) is 99.9 Å². The molecule has 0 bridgehead atoms. The largest absolute Gasteiger partial charge is 0.453 e. The van der Waals surface area contributed by atoms with Crippen LogP contribution in [0, 0.1) is 10.1 Å². The van der Waals surface area contributed by atoms with E-state index in [0.717, 1.165) is 11.8 Å². The van der Waals surface area contributed by atoms with Crippen LogP contribution in [0.2, 0.25) is 0 Å². The average molecular weight is 319 g/mol.